The van der Waals surface area contributed by atoms with Gasteiger partial charge in [-0.15, -0.1) is 0 Å². The molecule has 0 amide bonds. The molecule has 0 aliphatic carbocycles. The normalized spacial score (nSPS) is 10.7. The van der Waals surface area contributed by atoms with Crippen molar-refractivity contribution < 1.29 is 23.5 Å². The van der Waals surface area contributed by atoms with Crippen LogP contribution in [-0.2, 0) is 9.59 Å². The Labute approximate surface area is 130 Å². The van der Waals surface area contributed by atoms with Crippen molar-refractivity contribution in [3.05, 3.63) is 46.6 Å². The molecule has 0 atom stereocenters. The number of hydrogen-bond donors (Lipinski definition) is 0. The Morgan fingerprint density at radius 3 is 2.39 bits per heavy atom. The van der Waals surface area contributed by atoms with E-state index in [0.717, 1.165) is 0 Å². The molecule has 0 N–H and O–H groups in total. The minimum Gasteiger partial charge on any atom is -0.452 e. The van der Waals surface area contributed by atoms with Gasteiger partial charge in [-0.2, -0.15) is 0 Å². The van der Waals surface area contributed by atoms with Crippen LogP contribution in [0.1, 0.15) is 13.8 Å². The Kier molecular flexibility index (Phi) is 3.57. The summed E-state index contributed by atoms with van der Waals surface area (Å²) in [5, 5.41) is 0.643. The monoisotopic (exact) mass is 312 g/mol. The van der Waals surface area contributed by atoms with Crippen LogP contribution in [0, 0.1) is 0 Å². The molecule has 0 aliphatic rings. The van der Waals surface area contributed by atoms with Gasteiger partial charge in [-0.25, -0.2) is 0 Å². The fourth-order valence-electron chi connectivity index (χ4n) is 2.29. The first-order chi connectivity index (χ1) is 11.0. The molecule has 6 nitrogen and oxygen atoms in total. The maximum absolute atomic E-state index is 12.6. The van der Waals surface area contributed by atoms with E-state index in [9.17, 15) is 14.4 Å². The SMILES string of the molecule is CC(=O)Oc1ccc2c(=O)c3cccc(OC(C)=O)c3oc2c1. The van der Waals surface area contributed by atoms with Crippen molar-refractivity contribution in [2.45, 2.75) is 13.8 Å². The molecule has 1 aromatic heterocycles. The van der Waals surface area contributed by atoms with Crippen molar-refractivity contribution >= 4 is 33.9 Å². The van der Waals surface area contributed by atoms with Crippen LogP contribution in [0.2, 0.25) is 0 Å². The van der Waals surface area contributed by atoms with Gasteiger partial charge in [0.15, 0.2) is 11.3 Å². The summed E-state index contributed by atoms with van der Waals surface area (Å²) in [5.41, 5.74) is 0.144. The lowest BCUT2D eigenvalue weighted by molar-refractivity contribution is -0.132. The zero-order valence-electron chi connectivity index (χ0n) is 12.4. The predicted molar refractivity (Wildman–Crippen MR) is 82.6 cm³/mol. The molecule has 0 aliphatic heterocycles. The van der Waals surface area contributed by atoms with Crippen LogP contribution in [0.4, 0.5) is 0 Å². The fraction of sp³-hybridized carbons (Fsp3) is 0.118. The number of carbonyl (C=O) groups is 2. The number of hydrogen-bond acceptors (Lipinski definition) is 6. The van der Waals surface area contributed by atoms with Gasteiger partial charge in [-0.05, 0) is 24.3 Å². The molecule has 6 heteroatoms. The van der Waals surface area contributed by atoms with Crippen molar-refractivity contribution in [3.8, 4) is 11.5 Å². The Balaban J connectivity index is 2.30. The zero-order chi connectivity index (χ0) is 16.6. The molecule has 0 saturated heterocycles. The maximum Gasteiger partial charge on any atom is 0.308 e. The topological polar surface area (TPSA) is 82.8 Å². The highest BCUT2D eigenvalue weighted by Gasteiger charge is 2.14. The van der Waals surface area contributed by atoms with Crippen LogP contribution in [0.15, 0.2) is 45.6 Å². The second-order valence-electron chi connectivity index (χ2n) is 4.91. The Hall–Kier alpha value is -3.15. The van der Waals surface area contributed by atoms with Gasteiger partial charge in [-0.3, -0.25) is 14.4 Å². The molecule has 3 rings (SSSR count). The zero-order valence-corrected chi connectivity index (χ0v) is 12.4. The molecule has 0 unspecified atom stereocenters. The van der Waals surface area contributed by atoms with E-state index in [-0.39, 0.29) is 28.1 Å². The van der Waals surface area contributed by atoms with E-state index in [0.29, 0.717) is 10.8 Å². The summed E-state index contributed by atoms with van der Waals surface area (Å²) in [6.07, 6.45) is 0. The molecular weight excluding hydrogens is 300 g/mol. The lowest BCUT2D eigenvalue weighted by atomic mass is 10.1. The van der Waals surface area contributed by atoms with Crippen molar-refractivity contribution in [2.24, 2.45) is 0 Å². The van der Waals surface area contributed by atoms with E-state index >= 15 is 0 Å². The van der Waals surface area contributed by atoms with Crippen molar-refractivity contribution in [2.75, 3.05) is 0 Å². The van der Waals surface area contributed by atoms with E-state index in [1.165, 1.54) is 38.1 Å². The standard InChI is InChI=1S/C17H12O6/c1-9(18)21-11-6-7-12-15(8-11)23-17-13(16(12)20)4-3-5-14(17)22-10(2)19/h3-8H,1-2H3. The number of esters is 2. The van der Waals surface area contributed by atoms with Gasteiger partial charge in [0.05, 0.1) is 10.8 Å². The van der Waals surface area contributed by atoms with E-state index in [2.05, 4.69) is 0 Å². The number of benzene rings is 2. The Bertz CT molecular complexity index is 999. The van der Waals surface area contributed by atoms with Crippen molar-refractivity contribution in [3.63, 3.8) is 0 Å². The van der Waals surface area contributed by atoms with Crippen LogP contribution < -0.4 is 14.9 Å². The lowest BCUT2D eigenvalue weighted by Gasteiger charge is -2.07. The molecule has 0 bridgehead atoms. The van der Waals surface area contributed by atoms with Gasteiger partial charge < -0.3 is 13.9 Å². The van der Waals surface area contributed by atoms with Crippen molar-refractivity contribution in [1.29, 1.82) is 0 Å². The quantitative estimate of drug-likeness (QED) is 0.411. The average Bonchev–Trinajstić information content (AvgIpc) is 2.47. The number of carbonyl (C=O) groups excluding carboxylic acids is 2. The summed E-state index contributed by atoms with van der Waals surface area (Å²) >= 11 is 0. The maximum atomic E-state index is 12.6. The predicted octanol–water partition coefficient (Wildman–Crippen LogP) is 2.80. The summed E-state index contributed by atoms with van der Waals surface area (Å²) < 4.78 is 15.8. The molecule has 116 valence electrons. The Morgan fingerprint density at radius 1 is 0.957 bits per heavy atom. The number of ether oxygens (including phenoxy) is 2. The summed E-state index contributed by atoms with van der Waals surface area (Å²) in [5.74, 6) is -0.577. The first-order valence-electron chi connectivity index (χ1n) is 6.82. The number of para-hydroxylation sites is 1. The summed E-state index contributed by atoms with van der Waals surface area (Å²) in [7, 11) is 0. The number of fused-ring (bicyclic) bond motifs is 2. The van der Waals surface area contributed by atoms with Gasteiger partial charge in [0.1, 0.15) is 11.3 Å². The van der Waals surface area contributed by atoms with Crippen LogP contribution in [-0.4, -0.2) is 11.9 Å². The minimum absolute atomic E-state index is 0.159. The molecular formula is C17H12O6. The largest absolute Gasteiger partial charge is 0.452 e. The highest BCUT2D eigenvalue weighted by atomic mass is 16.5. The second-order valence-corrected chi connectivity index (χ2v) is 4.91. The van der Waals surface area contributed by atoms with E-state index in [1.807, 2.05) is 0 Å². The molecule has 23 heavy (non-hydrogen) atoms. The van der Waals surface area contributed by atoms with Gasteiger partial charge in [0.25, 0.3) is 0 Å². The van der Waals surface area contributed by atoms with Gasteiger partial charge in [0, 0.05) is 19.9 Å². The summed E-state index contributed by atoms with van der Waals surface area (Å²) in [6, 6.07) is 9.22. The molecule has 0 spiro atoms. The minimum atomic E-state index is -0.520. The molecule has 0 radical (unpaired) electrons. The van der Waals surface area contributed by atoms with E-state index < -0.39 is 11.9 Å². The van der Waals surface area contributed by atoms with Gasteiger partial charge in [0.2, 0.25) is 5.43 Å². The number of rotatable bonds is 2. The fourth-order valence-corrected chi connectivity index (χ4v) is 2.29. The van der Waals surface area contributed by atoms with Crippen LogP contribution in [0.3, 0.4) is 0 Å². The summed E-state index contributed by atoms with van der Waals surface area (Å²) in [6.45, 7) is 2.54. The smallest absolute Gasteiger partial charge is 0.308 e. The Morgan fingerprint density at radius 2 is 1.70 bits per heavy atom. The first kappa shape index (κ1) is 14.8. The third-order valence-electron chi connectivity index (χ3n) is 3.15. The third-order valence-corrected chi connectivity index (χ3v) is 3.15. The molecule has 1 heterocycles. The highest BCUT2D eigenvalue weighted by molar-refractivity contribution is 5.93. The van der Waals surface area contributed by atoms with Gasteiger partial charge >= 0.3 is 11.9 Å². The third kappa shape index (κ3) is 2.78. The van der Waals surface area contributed by atoms with E-state index in [1.54, 1.807) is 12.1 Å². The highest BCUT2D eigenvalue weighted by Crippen LogP contribution is 2.28. The average molecular weight is 312 g/mol. The van der Waals surface area contributed by atoms with Crippen LogP contribution in [0.5, 0.6) is 11.5 Å². The summed E-state index contributed by atoms with van der Waals surface area (Å²) in [4.78, 5) is 34.8. The van der Waals surface area contributed by atoms with Gasteiger partial charge in [-0.1, -0.05) is 6.07 Å². The van der Waals surface area contributed by atoms with Crippen LogP contribution >= 0.6 is 0 Å². The second kappa shape index (κ2) is 5.57. The van der Waals surface area contributed by atoms with Crippen LogP contribution in [0.25, 0.3) is 21.9 Å². The molecule has 2 aromatic carbocycles. The first-order valence-corrected chi connectivity index (χ1v) is 6.82. The molecule has 3 aromatic rings. The molecule has 0 saturated carbocycles. The molecule has 0 fully saturated rings. The van der Waals surface area contributed by atoms with Crippen molar-refractivity contribution in [1.82, 2.24) is 0 Å². The van der Waals surface area contributed by atoms with E-state index in [4.69, 9.17) is 13.9 Å². The lowest BCUT2D eigenvalue weighted by Crippen LogP contribution is -2.06.